The number of aryl methyl sites for hydroxylation is 2. The fourth-order valence-electron chi connectivity index (χ4n) is 8.49. The van der Waals surface area contributed by atoms with Gasteiger partial charge in [0, 0.05) is 55.8 Å². The minimum atomic E-state index is -4.01. The Hall–Kier alpha value is -4.46. The van der Waals surface area contributed by atoms with Crippen LogP contribution in [0.3, 0.4) is 0 Å². The molecule has 4 heterocycles. The number of nitrogens with one attached hydrogen (secondary N) is 1. The van der Waals surface area contributed by atoms with Gasteiger partial charge in [-0.25, -0.2) is 4.72 Å². The van der Waals surface area contributed by atoms with Crippen LogP contribution >= 0.6 is 0 Å². The predicted molar refractivity (Wildman–Crippen MR) is 206 cm³/mol. The van der Waals surface area contributed by atoms with Gasteiger partial charge < -0.3 is 18.9 Å². The van der Waals surface area contributed by atoms with Gasteiger partial charge in [-0.1, -0.05) is 25.3 Å². The molecule has 1 N–H and O–H groups in total. The van der Waals surface area contributed by atoms with E-state index in [9.17, 15) is 18.0 Å². The Kier molecular flexibility index (Phi) is 10.0. The number of carbonyl (C=O) groups excluding carboxylic acids is 2. The topological polar surface area (TPSA) is 128 Å². The number of rotatable bonds is 8. The number of nitrogens with zero attached hydrogens (tertiary/aromatic N) is 5. The Morgan fingerprint density at radius 2 is 1.74 bits per heavy atom. The molecule has 0 bridgehead atoms. The van der Waals surface area contributed by atoms with E-state index in [2.05, 4.69) is 21.4 Å². The number of benzene rings is 2. The average molecular weight is 743 g/mol. The summed E-state index contributed by atoms with van der Waals surface area (Å²) in [5.74, 6) is 0.249. The molecule has 1 saturated carbocycles. The third-order valence-corrected chi connectivity index (χ3v) is 12.3. The zero-order chi connectivity index (χ0) is 37.8. The van der Waals surface area contributed by atoms with Gasteiger partial charge in [0.05, 0.1) is 48.5 Å². The molecule has 4 aromatic rings. The van der Waals surface area contributed by atoms with E-state index in [1.54, 1.807) is 13.2 Å². The van der Waals surface area contributed by atoms with Crippen LogP contribution in [0.15, 0.2) is 36.4 Å². The Bertz CT molecular complexity index is 2220. The third-order valence-electron chi connectivity index (χ3n) is 10.9. The van der Waals surface area contributed by atoms with Crippen molar-refractivity contribution >= 4 is 44.6 Å². The fraction of sp³-hybridized carbons (Fsp3) is 0.475. The van der Waals surface area contributed by atoms with Crippen LogP contribution in [0.2, 0.25) is 0 Å². The Labute approximate surface area is 311 Å². The highest BCUT2D eigenvalue weighted by molar-refractivity contribution is 7.87. The second-order valence-corrected chi connectivity index (χ2v) is 16.7. The van der Waals surface area contributed by atoms with Gasteiger partial charge in [-0.3, -0.25) is 14.3 Å². The van der Waals surface area contributed by atoms with Gasteiger partial charge in [0.1, 0.15) is 5.75 Å². The summed E-state index contributed by atoms with van der Waals surface area (Å²) in [7, 11) is 0.411. The largest absolute Gasteiger partial charge is 0.497 e. The molecular weight excluding hydrogens is 693 g/mol. The lowest BCUT2D eigenvalue weighted by Crippen LogP contribution is -2.48. The van der Waals surface area contributed by atoms with Crippen molar-refractivity contribution in [2.45, 2.75) is 91.0 Å². The Morgan fingerprint density at radius 1 is 1.02 bits per heavy atom. The number of hydrogen-bond acceptors (Lipinski definition) is 7. The zero-order valence-electron chi connectivity index (χ0n) is 31.7. The number of aromatic nitrogens is 3. The van der Waals surface area contributed by atoms with Crippen molar-refractivity contribution in [1.82, 2.24) is 28.3 Å². The first-order chi connectivity index (χ1) is 25.3. The summed E-state index contributed by atoms with van der Waals surface area (Å²) >= 11 is 0. The summed E-state index contributed by atoms with van der Waals surface area (Å²) < 4.78 is 44.4. The van der Waals surface area contributed by atoms with Crippen LogP contribution in [-0.2, 0) is 28.0 Å². The highest BCUT2D eigenvalue weighted by Gasteiger charge is 2.35. The zero-order valence-corrected chi connectivity index (χ0v) is 32.5. The maximum Gasteiger partial charge on any atom is 0.303 e. The first-order valence-corrected chi connectivity index (χ1v) is 20.1. The molecule has 12 nitrogen and oxygen atoms in total. The molecule has 2 amide bonds. The lowest BCUT2D eigenvalue weighted by atomic mass is 9.81. The summed E-state index contributed by atoms with van der Waals surface area (Å²) in [5, 5.41) is 5.95. The van der Waals surface area contributed by atoms with Crippen molar-refractivity contribution in [2.75, 3.05) is 34.3 Å². The number of morpholine rings is 1. The van der Waals surface area contributed by atoms with Gasteiger partial charge in [-0.15, -0.1) is 0 Å². The van der Waals surface area contributed by atoms with Crippen LogP contribution in [0.4, 0.5) is 0 Å². The van der Waals surface area contributed by atoms with Gasteiger partial charge in [0.15, 0.2) is 0 Å². The summed E-state index contributed by atoms with van der Waals surface area (Å²) in [6, 6.07) is 11.6. The Balaban J connectivity index is 1.47. The number of fused-ring (bicyclic) bond motifs is 5. The molecule has 0 radical (unpaired) electrons. The summed E-state index contributed by atoms with van der Waals surface area (Å²) in [5.41, 5.74) is 8.26. The van der Waals surface area contributed by atoms with Crippen LogP contribution in [-0.4, -0.2) is 90.3 Å². The number of hydrogen-bond donors (Lipinski definition) is 1. The molecule has 1 aliphatic carbocycles. The van der Waals surface area contributed by atoms with Crippen molar-refractivity contribution in [3.63, 3.8) is 0 Å². The van der Waals surface area contributed by atoms with E-state index in [1.807, 2.05) is 61.5 Å². The van der Waals surface area contributed by atoms with Gasteiger partial charge in [0.2, 0.25) is 0 Å². The van der Waals surface area contributed by atoms with Gasteiger partial charge in [-0.05, 0) is 99.6 Å². The standard InChI is InChI=1S/C40H50N6O6S/c1-8-46-37(35(26(4)41-46)40(48)44-21-24(2)52-25(3)22-44)30-18-29-19-31(51-7)15-17-32(29)38-36(27-12-10-9-11-13-27)33-16-14-28(20-34(33)45(38)23-30)39(47)42-53(49,50)43(5)6/h14-20,24-25,27H,8-13,21-23H2,1-7H3,(H,42,47). The Morgan fingerprint density at radius 3 is 2.40 bits per heavy atom. The van der Waals surface area contributed by atoms with Crippen LogP contribution in [0, 0.1) is 6.92 Å². The van der Waals surface area contributed by atoms with E-state index in [1.165, 1.54) is 26.1 Å². The summed E-state index contributed by atoms with van der Waals surface area (Å²) in [6.07, 6.45) is 7.56. The highest BCUT2D eigenvalue weighted by atomic mass is 32.2. The molecule has 1 saturated heterocycles. The first-order valence-electron chi connectivity index (χ1n) is 18.6. The number of allylic oxidation sites excluding steroid dienone is 1. The summed E-state index contributed by atoms with van der Waals surface area (Å²) in [6.45, 7) is 9.83. The predicted octanol–water partition coefficient (Wildman–Crippen LogP) is 6.23. The van der Waals surface area contributed by atoms with Crippen molar-refractivity contribution in [1.29, 1.82) is 0 Å². The van der Waals surface area contributed by atoms with Crippen LogP contribution < -0.4 is 9.46 Å². The fourth-order valence-corrected chi connectivity index (χ4v) is 9.02. The maximum atomic E-state index is 14.6. The van der Waals surface area contributed by atoms with E-state index in [4.69, 9.17) is 14.6 Å². The van der Waals surface area contributed by atoms with E-state index < -0.39 is 16.1 Å². The molecular formula is C40H50N6O6S. The van der Waals surface area contributed by atoms with Crippen LogP contribution in [0.5, 0.6) is 5.75 Å². The molecule has 2 unspecified atom stereocenters. The number of carbonyl (C=O) groups is 2. The van der Waals surface area contributed by atoms with Crippen molar-refractivity contribution in [2.24, 2.45) is 0 Å². The number of amides is 2. The average Bonchev–Trinajstić information content (AvgIpc) is 3.57. The molecule has 2 aliphatic heterocycles. The van der Waals surface area contributed by atoms with Gasteiger partial charge in [-0.2, -0.15) is 17.8 Å². The first kappa shape index (κ1) is 36.9. The molecule has 53 heavy (non-hydrogen) atoms. The molecule has 2 atom stereocenters. The van der Waals surface area contributed by atoms with Gasteiger partial charge in [0.25, 0.3) is 11.8 Å². The molecule has 2 aromatic heterocycles. The SMILES string of the molecule is CCn1nc(C)c(C(=O)N2CC(C)OC(C)C2)c1C1=Cc2cc(OC)ccc2-c2c(C3CCCCC3)c3ccc(C(=O)NS(=O)(=O)N(C)C)cc3n2C1. The number of methoxy groups -OCH3 is 1. The molecule has 0 spiro atoms. The minimum absolute atomic E-state index is 0.0725. The van der Waals surface area contributed by atoms with Crippen LogP contribution in [0.1, 0.15) is 102 Å². The molecule has 3 aliphatic rings. The lowest BCUT2D eigenvalue weighted by Gasteiger charge is -2.35. The highest BCUT2D eigenvalue weighted by Crippen LogP contribution is 2.48. The molecule has 2 fully saturated rings. The second-order valence-electron chi connectivity index (χ2n) is 14.8. The van der Waals surface area contributed by atoms with Crippen molar-refractivity contribution in [3.8, 4) is 17.0 Å². The normalized spacial score (nSPS) is 19.5. The smallest absolute Gasteiger partial charge is 0.303 e. The van der Waals surface area contributed by atoms with E-state index in [-0.39, 0.29) is 23.7 Å². The maximum absolute atomic E-state index is 14.6. The number of ether oxygens (including phenoxy) is 2. The van der Waals surface area contributed by atoms with E-state index in [0.29, 0.717) is 43.4 Å². The second kappa shape index (κ2) is 14.4. The molecule has 13 heteroatoms. The van der Waals surface area contributed by atoms with E-state index >= 15 is 0 Å². The lowest BCUT2D eigenvalue weighted by molar-refractivity contribution is -0.0586. The summed E-state index contributed by atoms with van der Waals surface area (Å²) in [4.78, 5) is 29.9. The molecule has 282 valence electrons. The van der Waals surface area contributed by atoms with Crippen molar-refractivity contribution < 1.29 is 27.5 Å². The minimum Gasteiger partial charge on any atom is -0.497 e. The van der Waals surface area contributed by atoms with Gasteiger partial charge >= 0.3 is 10.2 Å². The molecule has 2 aromatic carbocycles. The van der Waals surface area contributed by atoms with E-state index in [0.717, 1.165) is 74.7 Å². The van der Waals surface area contributed by atoms with Crippen molar-refractivity contribution in [3.05, 3.63) is 70.0 Å². The van der Waals surface area contributed by atoms with Crippen LogP contribution in [0.25, 0.3) is 33.8 Å². The third kappa shape index (κ3) is 6.79. The monoisotopic (exact) mass is 742 g/mol. The quantitative estimate of drug-likeness (QED) is 0.227. The molecule has 7 rings (SSSR count).